The van der Waals surface area contributed by atoms with Gasteiger partial charge in [0.1, 0.15) is 11.5 Å². The molecule has 1 aliphatic rings. The van der Waals surface area contributed by atoms with E-state index in [1.165, 1.54) is 0 Å². The molecule has 0 saturated carbocycles. The van der Waals surface area contributed by atoms with Crippen LogP contribution < -0.4 is 15.0 Å². The number of fused-ring (bicyclic) bond motifs is 2. The van der Waals surface area contributed by atoms with Gasteiger partial charge in [-0.15, -0.1) is 0 Å². The lowest BCUT2D eigenvalue weighted by atomic mass is 9.77. The van der Waals surface area contributed by atoms with Crippen LogP contribution in [0.3, 0.4) is 0 Å². The van der Waals surface area contributed by atoms with E-state index < -0.39 is 5.60 Å². The Hall–Kier alpha value is -3.76. The van der Waals surface area contributed by atoms with Crippen LogP contribution in [-0.4, -0.2) is 18.2 Å². The van der Waals surface area contributed by atoms with Gasteiger partial charge in [-0.1, -0.05) is 48.5 Å². The lowest BCUT2D eigenvalue weighted by Gasteiger charge is -2.34. The number of hydrogen-bond acceptors (Lipinski definition) is 4. The summed E-state index contributed by atoms with van der Waals surface area (Å²) in [6.45, 7) is 12.0. The van der Waals surface area contributed by atoms with Crippen molar-refractivity contribution in [1.29, 1.82) is 0 Å². The molecule has 5 rings (SSSR count). The first-order valence-electron chi connectivity index (χ1n) is 13.1. The number of benzene rings is 4. The van der Waals surface area contributed by atoms with E-state index in [1.54, 1.807) is 0 Å². The Bertz CT molecular complexity index is 1400. The Kier molecular flexibility index (Phi) is 6.70. The van der Waals surface area contributed by atoms with Crippen LogP contribution in [0, 0.1) is 6.92 Å². The molecule has 0 bridgehead atoms. The largest absolute Gasteiger partial charge is 0.457 e. The van der Waals surface area contributed by atoms with E-state index in [0.29, 0.717) is 0 Å². The van der Waals surface area contributed by atoms with Crippen molar-refractivity contribution in [3.8, 4) is 11.5 Å². The molecule has 0 saturated heterocycles. The van der Waals surface area contributed by atoms with Crippen LogP contribution in [0.4, 0.5) is 17.1 Å². The summed E-state index contributed by atoms with van der Waals surface area (Å²) in [5.74, 6) is 1.65. The van der Waals surface area contributed by atoms with Crippen molar-refractivity contribution in [2.24, 2.45) is 0 Å². The number of rotatable bonds is 7. The summed E-state index contributed by atoms with van der Waals surface area (Å²) < 4.78 is 6.60. The van der Waals surface area contributed by atoms with Crippen molar-refractivity contribution in [3.63, 3.8) is 0 Å². The molecule has 0 spiro atoms. The van der Waals surface area contributed by atoms with Gasteiger partial charge in [-0.3, -0.25) is 0 Å². The normalized spacial score (nSPS) is 14.4. The zero-order valence-corrected chi connectivity index (χ0v) is 22.4. The number of hydrogen-bond donors (Lipinski definition) is 2. The summed E-state index contributed by atoms with van der Waals surface area (Å²) in [6, 6.07) is 29.3. The third-order valence-corrected chi connectivity index (χ3v) is 7.31. The second kappa shape index (κ2) is 9.95. The molecule has 0 fully saturated rings. The molecule has 4 aromatic carbocycles. The number of anilines is 3. The molecule has 1 aliphatic heterocycles. The molecule has 2 N–H and O–H groups in total. The monoisotopic (exact) mass is 492 g/mol. The fraction of sp³-hybridized carbons (Fsp3) is 0.273. The van der Waals surface area contributed by atoms with E-state index in [1.807, 2.05) is 44.2 Å². The quantitative estimate of drug-likeness (QED) is 0.241. The van der Waals surface area contributed by atoms with Gasteiger partial charge in [-0.2, -0.15) is 0 Å². The van der Waals surface area contributed by atoms with E-state index in [9.17, 15) is 5.11 Å². The van der Waals surface area contributed by atoms with Crippen molar-refractivity contribution in [2.45, 2.75) is 46.1 Å². The summed E-state index contributed by atoms with van der Waals surface area (Å²) in [5, 5.41) is 14.7. The number of para-hydroxylation sites is 1. The van der Waals surface area contributed by atoms with Crippen molar-refractivity contribution in [3.05, 3.63) is 113 Å². The molecule has 1 unspecified atom stereocenters. The highest BCUT2D eigenvalue weighted by molar-refractivity contribution is 5.71. The van der Waals surface area contributed by atoms with Crippen LogP contribution >= 0.6 is 0 Å². The molecule has 1 heterocycles. The zero-order valence-electron chi connectivity index (χ0n) is 22.4. The van der Waals surface area contributed by atoms with Gasteiger partial charge >= 0.3 is 0 Å². The highest BCUT2D eigenvalue weighted by Gasteiger charge is 2.34. The molecule has 0 amide bonds. The zero-order chi connectivity index (χ0) is 26.2. The Morgan fingerprint density at radius 1 is 0.811 bits per heavy atom. The van der Waals surface area contributed by atoms with Gasteiger partial charge in [-0.05, 0) is 81.6 Å². The summed E-state index contributed by atoms with van der Waals surface area (Å²) in [6.07, 6.45) is 0. The molecule has 0 aromatic heterocycles. The summed E-state index contributed by atoms with van der Waals surface area (Å²) >= 11 is 0. The molecule has 0 radical (unpaired) electrons. The van der Waals surface area contributed by atoms with Gasteiger partial charge in [0.15, 0.2) is 0 Å². The number of aryl methyl sites for hydroxylation is 1. The first kappa shape index (κ1) is 24.9. The second-order valence-electron chi connectivity index (χ2n) is 10.3. The predicted molar refractivity (Wildman–Crippen MR) is 154 cm³/mol. The summed E-state index contributed by atoms with van der Waals surface area (Å²) in [4.78, 5) is 2.33. The van der Waals surface area contributed by atoms with E-state index in [0.717, 1.165) is 69.5 Å². The number of aliphatic hydroxyl groups is 1. The van der Waals surface area contributed by atoms with E-state index in [4.69, 9.17) is 4.74 Å². The third-order valence-electron chi connectivity index (χ3n) is 7.31. The van der Waals surface area contributed by atoms with E-state index >= 15 is 0 Å². The average molecular weight is 493 g/mol. The number of nitrogens with zero attached hydrogens (tertiary/aromatic N) is 1. The fourth-order valence-corrected chi connectivity index (χ4v) is 5.39. The minimum atomic E-state index is -0.980. The van der Waals surface area contributed by atoms with Gasteiger partial charge in [0, 0.05) is 53.3 Å². The maximum absolute atomic E-state index is 11.1. The van der Waals surface area contributed by atoms with Crippen LogP contribution in [-0.2, 0) is 5.60 Å². The smallest absolute Gasteiger partial charge is 0.133 e. The van der Waals surface area contributed by atoms with Crippen molar-refractivity contribution in [2.75, 3.05) is 23.3 Å². The van der Waals surface area contributed by atoms with Gasteiger partial charge in [0.25, 0.3) is 0 Å². The first-order valence-corrected chi connectivity index (χ1v) is 13.1. The minimum absolute atomic E-state index is 0.0796. The van der Waals surface area contributed by atoms with E-state index in [2.05, 4.69) is 85.6 Å². The predicted octanol–water partition coefficient (Wildman–Crippen LogP) is 8.10. The van der Waals surface area contributed by atoms with Crippen molar-refractivity contribution in [1.82, 2.24) is 0 Å². The molecule has 0 aliphatic carbocycles. The Labute approximate surface area is 220 Å². The van der Waals surface area contributed by atoms with Crippen LogP contribution in [0.1, 0.15) is 61.4 Å². The standard InChI is InChI=1S/C33H36N2O2/c1-6-35(7-2)24-17-18-26-31(20-24)37-30-19-22(3)29(34-23-13-9-8-10-14-23)21-27(30)32(26)25-15-11-12-16-28(25)33(4,5)36/h8-21,32,34,36H,6-7H2,1-5H3. The topological polar surface area (TPSA) is 44.7 Å². The molecule has 190 valence electrons. The average Bonchev–Trinajstić information content (AvgIpc) is 2.89. The highest BCUT2D eigenvalue weighted by Crippen LogP contribution is 2.51. The Morgan fingerprint density at radius 3 is 2.19 bits per heavy atom. The Morgan fingerprint density at radius 2 is 1.49 bits per heavy atom. The minimum Gasteiger partial charge on any atom is -0.457 e. The third kappa shape index (κ3) is 4.82. The molecule has 1 atom stereocenters. The van der Waals surface area contributed by atoms with Crippen LogP contribution in [0.2, 0.25) is 0 Å². The maximum atomic E-state index is 11.1. The lowest BCUT2D eigenvalue weighted by Crippen LogP contribution is -2.23. The second-order valence-corrected chi connectivity index (χ2v) is 10.3. The van der Waals surface area contributed by atoms with Crippen LogP contribution in [0.5, 0.6) is 11.5 Å². The Balaban J connectivity index is 1.71. The first-order chi connectivity index (χ1) is 17.8. The molecule has 4 nitrogen and oxygen atoms in total. The van der Waals surface area contributed by atoms with E-state index in [-0.39, 0.29) is 5.92 Å². The number of ether oxygens (including phenoxy) is 1. The van der Waals surface area contributed by atoms with Crippen molar-refractivity contribution >= 4 is 17.1 Å². The van der Waals surface area contributed by atoms with Crippen LogP contribution in [0.15, 0.2) is 84.9 Å². The highest BCUT2D eigenvalue weighted by atomic mass is 16.5. The summed E-state index contributed by atoms with van der Waals surface area (Å²) in [7, 11) is 0. The molecule has 4 aromatic rings. The van der Waals surface area contributed by atoms with Gasteiger partial charge < -0.3 is 20.1 Å². The van der Waals surface area contributed by atoms with Crippen LogP contribution in [0.25, 0.3) is 0 Å². The van der Waals surface area contributed by atoms with Gasteiger partial charge in [0.2, 0.25) is 0 Å². The van der Waals surface area contributed by atoms with Crippen molar-refractivity contribution < 1.29 is 9.84 Å². The lowest BCUT2D eigenvalue weighted by molar-refractivity contribution is 0.0775. The van der Waals surface area contributed by atoms with Gasteiger partial charge in [-0.25, -0.2) is 0 Å². The summed E-state index contributed by atoms with van der Waals surface area (Å²) in [5.41, 5.74) is 7.57. The SMILES string of the molecule is CCN(CC)c1ccc2c(c1)Oc1cc(C)c(Nc3ccccc3)cc1C2c1ccccc1C(C)(C)O. The fourth-order valence-electron chi connectivity index (χ4n) is 5.39. The molecular formula is C33H36N2O2. The van der Waals surface area contributed by atoms with Gasteiger partial charge in [0.05, 0.1) is 5.60 Å². The molecule has 4 heteroatoms. The molecular weight excluding hydrogens is 456 g/mol. The number of nitrogens with one attached hydrogen (secondary N) is 1. The molecule has 37 heavy (non-hydrogen) atoms. The maximum Gasteiger partial charge on any atom is 0.133 e.